The summed E-state index contributed by atoms with van der Waals surface area (Å²) in [5, 5.41) is 8.37. The zero-order valence-electron chi connectivity index (χ0n) is 17.6. The second-order valence-corrected chi connectivity index (χ2v) is 8.99. The molecule has 0 radical (unpaired) electrons. The number of para-hydroxylation sites is 2. The summed E-state index contributed by atoms with van der Waals surface area (Å²) in [5.74, 6) is 1.86. The van der Waals surface area contributed by atoms with Crippen LogP contribution >= 0.6 is 23.5 Å². The van der Waals surface area contributed by atoms with Crippen LogP contribution < -0.4 is 14.4 Å². The normalized spacial score (nSPS) is 12.1. The Morgan fingerprint density at radius 1 is 0.939 bits per heavy atom. The van der Waals surface area contributed by atoms with E-state index >= 15 is 0 Å². The minimum Gasteiger partial charge on any atom is -0.497 e. The van der Waals surface area contributed by atoms with Gasteiger partial charge in [-0.05, 0) is 48.5 Å². The summed E-state index contributed by atoms with van der Waals surface area (Å²) in [6.45, 7) is 0.137. The van der Waals surface area contributed by atoms with Crippen LogP contribution in [0, 0.1) is 0 Å². The van der Waals surface area contributed by atoms with Crippen LogP contribution in [0.2, 0.25) is 0 Å². The van der Waals surface area contributed by atoms with E-state index < -0.39 is 0 Å². The van der Waals surface area contributed by atoms with Gasteiger partial charge in [0.2, 0.25) is 5.91 Å². The lowest BCUT2D eigenvalue weighted by Gasteiger charge is -2.30. The van der Waals surface area contributed by atoms with E-state index in [-0.39, 0.29) is 18.3 Å². The number of fused-ring (bicyclic) bond motifs is 2. The molecule has 0 spiro atoms. The molecule has 0 bridgehead atoms. The van der Waals surface area contributed by atoms with Crippen LogP contribution in [0.15, 0.2) is 92.2 Å². The van der Waals surface area contributed by atoms with Crippen LogP contribution in [0.25, 0.3) is 0 Å². The zero-order chi connectivity index (χ0) is 22.6. The lowest BCUT2D eigenvalue weighted by molar-refractivity contribution is -0.115. The highest BCUT2D eigenvalue weighted by Gasteiger charge is 2.28. The highest BCUT2D eigenvalue weighted by Crippen LogP contribution is 2.48. The average Bonchev–Trinajstić information content (AvgIpc) is 3.32. The fraction of sp³-hybridized carbons (Fsp3) is 0.125. The third-order valence-electron chi connectivity index (χ3n) is 4.87. The van der Waals surface area contributed by atoms with Gasteiger partial charge < -0.3 is 13.9 Å². The quantitative estimate of drug-likeness (QED) is 0.319. The van der Waals surface area contributed by atoms with E-state index in [9.17, 15) is 4.79 Å². The average molecular weight is 478 g/mol. The van der Waals surface area contributed by atoms with Gasteiger partial charge >= 0.3 is 0 Å². The molecule has 1 aromatic heterocycles. The van der Waals surface area contributed by atoms with E-state index in [1.165, 1.54) is 11.8 Å². The number of anilines is 2. The molecule has 0 aliphatic carbocycles. The molecule has 33 heavy (non-hydrogen) atoms. The molecule has 0 N–H and O–H groups in total. The maximum atomic E-state index is 13.2. The molecule has 1 amide bonds. The number of nitrogens with zero attached hydrogens (tertiary/aromatic N) is 3. The summed E-state index contributed by atoms with van der Waals surface area (Å²) < 4.78 is 16.4. The summed E-state index contributed by atoms with van der Waals surface area (Å²) >= 11 is 2.87. The molecule has 0 saturated heterocycles. The Labute approximate surface area is 199 Å². The van der Waals surface area contributed by atoms with Gasteiger partial charge in [-0.25, -0.2) is 0 Å². The first-order chi connectivity index (χ1) is 16.2. The third kappa shape index (κ3) is 4.69. The largest absolute Gasteiger partial charge is 0.497 e. The van der Waals surface area contributed by atoms with Crippen molar-refractivity contribution in [2.45, 2.75) is 21.6 Å². The first kappa shape index (κ1) is 21.4. The van der Waals surface area contributed by atoms with Gasteiger partial charge in [-0.3, -0.25) is 9.69 Å². The maximum Gasteiger partial charge on any atom is 0.277 e. The number of benzene rings is 3. The smallest absolute Gasteiger partial charge is 0.277 e. The molecule has 7 nitrogen and oxygen atoms in total. The number of aromatic nitrogens is 2. The van der Waals surface area contributed by atoms with Gasteiger partial charge in [0.15, 0.2) is 6.61 Å². The van der Waals surface area contributed by atoms with Gasteiger partial charge in [0, 0.05) is 9.79 Å². The molecule has 9 heteroatoms. The summed E-state index contributed by atoms with van der Waals surface area (Å²) in [5.41, 5.74) is 1.76. The molecule has 0 saturated carbocycles. The topological polar surface area (TPSA) is 77.7 Å². The first-order valence-corrected chi connectivity index (χ1v) is 11.9. The molecule has 3 aromatic carbocycles. The molecule has 1 aliphatic rings. The molecule has 0 fully saturated rings. The number of amides is 1. The molecule has 1 aliphatic heterocycles. The van der Waals surface area contributed by atoms with Gasteiger partial charge in [0.25, 0.3) is 11.1 Å². The van der Waals surface area contributed by atoms with Crippen LogP contribution in [-0.4, -0.2) is 29.0 Å². The minimum absolute atomic E-state index is 0.0607. The molecule has 0 atom stereocenters. The van der Waals surface area contributed by atoms with E-state index in [2.05, 4.69) is 10.2 Å². The van der Waals surface area contributed by atoms with Gasteiger partial charge in [0.1, 0.15) is 11.5 Å². The van der Waals surface area contributed by atoms with E-state index in [0.717, 1.165) is 26.9 Å². The van der Waals surface area contributed by atoms with E-state index in [0.29, 0.717) is 16.9 Å². The molecule has 2 heterocycles. The van der Waals surface area contributed by atoms with Crippen molar-refractivity contribution in [3.05, 3.63) is 78.7 Å². The fourth-order valence-electron chi connectivity index (χ4n) is 3.33. The molecule has 0 unspecified atom stereocenters. The molecule has 5 rings (SSSR count). The van der Waals surface area contributed by atoms with Gasteiger partial charge in [-0.1, -0.05) is 47.8 Å². The van der Waals surface area contributed by atoms with Gasteiger partial charge in [-0.15, -0.1) is 10.2 Å². The Morgan fingerprint density at radius 2 is 1.58 bits per heavy atom. The second kappa shape index (κ2) is 9.60. The number of rotatable bonds is 7. The SMILES string of the molecule is COc1ccc(OCc2nnc(SCC(=O)N3c4ccccc4Sc4ccccc43)o2)cc1. The van der Waals surface area contributed by atoms with Crippen molar-refractivity contribution < 1.29 is 18.7 Å². The second-order valence-electron chi connectivity index (χ2n) is 6.98. The molecule has 4 aromatic rings. The summed E-state index contributed by atoms with van der Waals surface area (Å²) in [6, 6.07) is 23.0. The number of carbonyl (C=O) groups is 1. The minimum atomic E-state index is -0.0607. The monoisotopic (exact) mass is 477 g/mol. The van der Waals surface area contributed by atoms with E-state index in [1.807, 2.05) is 60.7 Å². The molecular formula is C24H19N3O4S2. The third-order valence-corrected chi connectivity index (χ3v) is 6.80. The number of hydrogen-bond acceptors (Lipinski definition) is 8. The van der Waals surface area contributed by atoms with Crippen LogP contribution in [0.1, 0.15) is 5.89 Å². The Morgan fingerprint density at radius 3 is 2.24 bits per heavy atom. The van der Waals surface area contributed by atoms with Crippen molar-refractivity contribution in [1.82, 2.24) is 10.2 Å². The standard InChI is InChI=1S/C24H19N3O4S2/c1-29-16-10-12-17(13-11-16)30-14-22-25-26-24(31-22)32-15-23(28)27-18-6-2-4-8-20(18)33-21-9-5-3-7-19(21)27/h2-13H,14-15H2,1H3. The Bertz CT molecular complexity index is 1230. The summed E-state index contributed by atoms with van der Waals surface area (Å²) in [7, 11) is 1.61. The van der Waals surface area contributed by atoms with Gasteiger partial charge in [-0.2, -0.15) is 0 Å². The summed E-state index contributed by atoms with van der Waals surface area (Å²) in [4.78, 5) is 17.1. The van der Waals surface area contributed by atoms with E-state index in [4.69, 9.17) is 13.9 Å². The van der Waals surface area contributed by atoms with E-state index in [1.54, 1.807) is 35.9 Å². The van der Waals surface area contributed by atoms with Gasteiger partial charge in [0.05, 0.1) is 24.2 Å². The lowest BCUT2D eigenvalue weighted by atomic mass is 10.2. The molecule has 166 valence electrons. The fourth-order valence-corrected chi connectivity index (χ4v) is 5.02. The number of hydrogen-bond donors (Lipinski definition) is 0. The van der Waals surface area contributed by atoms with Crippen molar-refractivity contribution >= 4 is 40.8 Å². The van der Waals surface area contributed by atoms with Crippen LogP contribution in [-0.2, 0) is 11.4 Å². The van der Waals surface area contributed by atoms with Crippen molar-refractivity contribution in [2.24, 2.45) is 0 Å². The zero-order valence-corrected chi connectivity index (χ0v) is 19.3. The number of methoxy groups -OCH3 is 1. The molecular weight excluding hydrogens is 458 g/mol. The highest BCUT2D eigenvalue weighted by molar-refractivity contribution is 8.00. The summed E-state index contributed by atoms with van der Waals surface area (Å²) in [6.07, 6.45) is 0. The van der Waals surface area contributed by atoms with Crippen molar-refractivity contribution in [3.8, 4) is 11.5 Å². The Hall–Kier alpha value is -3.43. The Kier molecular flexibility index (Phi) is 6.23. The van der Waals surface area contributed by atoms with Crippen molar-refractivity contribution in [3.63, 3.8) is 0 Å². The number of ether oxygens (including phenoxy) is 2. The first-order valence-electron chi connectivity index (χ1n) is 10.1. The van der Waals surface area contributed by atoms with Crippen molar-refractivity contribution in [2.75, 3.05) is 17.8 Å². The Balaban J connectivity index is 1.23. The van der Waals surface area contributed by atoms with Crippen molar-refractivity contribution in [1.29, 1.82) is 0 Å². The highest BCUT2D eigenvalue weighted by atomic mass is 32.2. The van der Waals surface area contributed by atoms with Crippen LogP contribution in [0.4, 0.5) is 11.4 Å². The van der Waals surface area contributed by atoms with Crippen LogP contribution in [0.3, 0.4) is 0 Å². The predicted octanol–water partition coefficient (Wildman–Crippen LogP) is 5.58. The maximum absolute atomic E-state index is 13.2. The van der Waals surface area contributed by atoms with Crippen LogP contribution in [0.5, 0.6) is 11.5 Å². The lowest BCUT2D eigenvalue weighted by Crippen LogP contribution is -2.29. The number of carbonyl (C=O) groups excluding carboxylic acids is 1. The predicted molar refractivity (Wildman–Crippen MR) is 127 cm³/mol. The number of thioether (sulfide) groups is 1.